The van der Waals surface area contributed by atoms with E-state index >= 15 is 0 Å². The number of para-hydroxylation sites is 1. The van der Waals surface area contributed by atoms with Crippen LogP contribution >= 0.6 is 12.4 Å². The molecule has 0 radical (unpaired) electrons. The lowest BCUT2D eigenvalue weighted by atomic mass is 9.92. The topological polar surface area (TPSA) is 55.1 Å². The van der Waals surface area contributed by atoms with Crippen LogP contribution in [-0.4, -0.2) is 5.91 Å². The van der Waals surface area contributed by atoms with Gasteiger partial charge in [-0.1, -0.05) is 45.9 Å². The van der Waals surface area contributed by atoms with Crippen molar-refractivity contribution in [2.45, 2.75) is 39.5 Å². The Labute approximate surface area is 144 Å². The largest absolute Gasteiger partial charge is 0.399 e. The first-order valence-corrected chi connectivity index (χ1v) is 7.69. The van der Waals surface area contributed by atoms with Crippen molar-refractivity contribution in [3.63, 3.8) is 0 Å². The molecule has 0 aliphatic carbocycles. The van der Waals surface area contributed by atoms with Crippen LogP contribution in [0.3, 0.4) is 0 Å². The number of benzene rings is 2. The monoisotopic (exact) mass is 332 g/mol. The molecule has 1 amide bonds. The summed E-state index contributed by atoms with van der Waals surface area (Å²) in [5.74, 6) is 0.593. The summed E-state index contributed by atoms with van der Waals surface area (Å²) in [5, 5.41) is 3.10. The summed E-state index contributed by atoms with van der Waals surface area (Å²) in [7, 11) is 0. The second kappa shape index (κ2) is 8.02. The molecule has 0 unspecified atom stereocenters. The first-order valence-electron chi connectivity index (χ1n) is 7.69. The summed E-state index contributed by atoms with van der Waals surface area (Å²) in [5.41, 5.74) is 10.2. The van der Waals surface area contributed by atoms with E-state index in [0.717, 1.165) is 16.8 Å². The minimum Gasteiger partial charge on any atom is -0.399 e. The smallest absolute Gasteiger partial charge is 0.255 e. The van der Waals surface area contributed by atoms with Crippen LogP contribution < -0.4 is 11.1 Å². The number of amides is 1. The number of nitrogen functional groups attached to an aromatic ring is 1. The standard InChI is InChI=1S/C19H24N2O.ClH/c1-12(2)16-6-5-7-17(13(3)4)18(16)21-19(22)14-8-10-15(20)11-9-14;/h5-13H,20H2,1-4H3,(H,21,22);1H. The number of nitrogens with two attached hydrogens (primary N) is 1. The van der Waals surface area contributed by atoms with E-state index in [2.05, 4.69) is 51.2 Å². The van der Waals surface area contributed by atoms with Gasteiger partial charge in [-0.15, -0.1) is 12.4 Å². The van der Waals surface area contributed by atoms with Crippen molar-refractivity contribution in [1.29, 1.82) is 0 Å². The third kappa shape index (κ3) is 4.49. The van der Waals surface area contributed by atoms with Crippen molar-refractivity contribution in [2.24, 2.45) is 0 Å². The highest BCUT2D eigenvalue weighted by atomic mass is 35.5. The Hall–Kier alpha value is -2.00. The van der Waals surface area contributed by atoms with Crippen LogP contribution in [0.15, 0.2) is 42.5 Å². The zero-order valence-electron chi connectivity index (χ0n) is 14.1. The lowest BCUT2D eigenvalue weighted by Crippen LogP contribution is -2.16. The SMILES string of the molecule is CC(C)c1cccc(C(C)C)c1NC(=O)c1ccc(N)cc1.Cl. The number of carbonyl (C=O) groups excluding carboxylic acids is 1. The fraction of sp³-hybridized carbons (Fsp3) is 0.316. The van der Waals surface area contributed by atoms with Crippen LogP contribution in [0.5, 0.6) is 0 Å². The first-order chi connectivity index (χ1) is 10.4. The number of hydrogen-bond donors (Lipinski definition) is 2. The van der Waals surface area contributed by atoms with Gasteiger partial charge in [-0.2, -0.15) is 0 Å². The molecule has 23 heavy (non-hydrogen) atoms. The molecule has 2 aromatic carbocycles. The molecule has 0 aliphatic rings. The van der Waals surface area contributed by atoms with E-state index in [-0.39, 0.29) is 18.3 Å². The molecular formula is C19H25ClN2O. The minimum atomic E-state index is -0.102. The van der Waals surface area contributed by atoms with Gasteiger partial charge in [0.1, 0.15) is 0 Å². The number of rotatable bonds is 4. The first kappa shape index (κ1) is 19.0. The Balaban J connectivity index is 0.00000264. The van der Waals surface area contributed by atoms with Crippen LogP contribution in [0.1, 0.15) is 61.0 Å². The van der Waals surface area contributed by atoms with Gasteiger partial charge in [-0.25, -0.2) is 0 Å². The van der Waals surface area contributed by atoms with E-state index < -0.39 is 0 Å². The zero-order chi connectivity index (χ0) is 16.3. The molecule has 0 spiro atoms. The lowest BCUT2D eigenvalue weighted by Gasteiger charge is -2.20. The van der Waals surface area contributed by atoms with Gasteiger partial charge in [0.2, 0.25) is 0 Å². The molecule has 0 atom stereocenters. The van der Waals surface area contributed by atoms with Gasteiger partial charge < -0.3 is 11.1 Å². The maximum Gasteiger partial charge on any atom is 0.255 e. The van der Waals surface area contributed by atoms with Crippen molar-refractivity contribution in [3.05, 3.63) is 59.2 Å². The third-order valence-electron chi connectivity index (χ3n) is 3.78. The zero-order valence-corrected chi connectivity index (χ0v) is 14.9. The highest BCUT2D eigenvalue weighted by Crippen LogP contribution is 2.32. The van der Waals surface area contributed by atoms with E-state index in [9.17, 15) is 4.79 Å². The van der Waals surface area contributed by atoms with Crippen molar-refractivity contribution in [1.82, 2.24) is 0 Å². The van der Waals surface area contributed by atoms with Gasteiger partial charge in [-0.05, 0) is 47.2 Å². The number of carbonyl (C=O) groups is 1. The van der Waals surface area contributed by atoms with Crippen molar-refractivity contribution in [2.75, 3.05) is 11.1 Å². The van der Waals surface area contributed by atoms with Crippen molar-refractivity contribution >= 4 is 29.7 Å². The predicted molar refractivity (Wildman–Crippen MR) is 101 cm³/mol. The predicted octanol–water partition coefficient (Wildman–Crippen LogP) is 5.19. The Morgan fingerprint density at radius 2 is 1.39 bits per heavy atom. The second-order valence-corrected chi connectivity index (χ2v) is 6.20. The van der Waals surface area contributed by atoms with Gasteiger partial charge in [0.25, 0.3) is 5.91 Å². The molecule has 124 valence electrons. The molecule has 0 heterocycles. The molecule has 3 nitrogen and oxygen atoms in total. The molecule has 2 aromatic rings. The lowest BCUT2D eigenvalue weighted by molar-refractivity contribution is 0.102. The number of halogens is 1. The van der Waals surface area contributed by atoms with E-state index in [1.807, 2.05) is 0 Å². The Morgan fingerprint density at radius 3 is 1.83 bits per heavy atom. The number of nitrogens with one attached hydrogen (secondary N) is 1. The van der Waals surface area contributed by atoms with Crippen molar-refractivity contribution in [3.8, 4) is 0 Å². The Kier molecular flexibility index (Phi) is 6.64. The number of anilines is 2. The Bertz CT molecular complexity index is 637. The molecule has 2 rings (SSSR count). The van der Waals surface area contributed by atoms with Gasteiger partial charge in [0, 0.05) is 16.9 Å². The maximum atomic E-state index is 12.5. The molecule has 0 bridgehead atoms. The van der Waals surface area contributed by atoms with E-state index in [1.165, 1.54) is 0 Å². The van der Waals surface area contributed by atoms with Gasteiger partial charge in [0.05, 0.1) is 0 Å². The molecular weight excluding hydrogens is 308 g/mol. The van der Waals surface area contributed by atoms with Gasteiger partial charge >= 0.3 is 0 Å². The van der Waals surface area contributed by atoms with E-state index in [1.54, 1.807) is 24.3 Å². The summed E-state index contributed by atoms with van der Waals surface area (Å²) >= 11 is 0. The van der Waals surface area contributed by atoms with Crippen LogP contribution in [0.25, 0.3) is 0 Å². The second-order valence-electron chi connectivity index (χ2n) is 6.20. The normalized spacial score (nSPS) is 10.5. The molecule has 0 saturated carbocycles. The molecule has 3 N–H and O–H groups in total. The molecule has 0 fully saturated rings. The van der Waals surface area contributed by atoms with Gasteiger partial charge in [-0.3, -0.25) is 4.79 Å². The number of hydrogen-bond acceptors (Lipinski definition) is 2. The maximum absolute atomic E-state index is 12.5. The van der Waals surface area contributed by atoms with Gasteiger partial charge in [0.15, 0.2) is 0 Å². The quantitative estimate of drug-likeness (QED) is 0.757. The van der Waals surface area contributed by atoms with Crippen LogP contribution in [0.2, 0.25) is 0 Å². The van der Waals surface area contributed by atoms with Crippen LogP contribution in [0.4, 0.5) is 11.4 Å². The van der Waals surface area contributed by atoms with E-state index in [0.29, 0.717) is 23.1 Å². The minimum absolute atomic E-state index is 0. The molecule has 0 aromatic heterocycles. The Morgan fingerprint density at radius 1 is 0.913 bits per heavy atom. The summed E-state index contributed by atoms with van der Waals surface area (Å²) in [6, 6.07) is 13.2. The summed E-state index contributed by atoms with van der Waals surface area (Å²) in [4.78, 5) is 12.5. The highest BCUT2D eigenvalue weighted by molar-refractivity contribution is 6.05. The average molecular weight is 333 g/mol. The van der Waals surface area contributed by atoms with Crippen molar-refractivity contribution < 1.29 is 4.79 Å². The third-order valence-corrected chi connectivity index (χ3v) is 3.78. The van der Waals surface area contributed by atoms with Crippen LogP contribution in [-0.2, 0) is 0 Å². The van der Waals surface area contributed by atoms with E-state index in [4.69, 9.17) is 5.73 Å². The fourth-order valence-electron chi connectivity index (χ4n) is 2.52. The average Bonchev–Trinajstić information content (AvgIpc) is 2.47. The molecule has 0 aliphatic heterocycles. The fourth-order valence-corrected chi connectivity index (χ4v) is 2.52. The van der Waals surface area contributed by atoms with Crippen LogP contribution in [0, 0.1) is 0 Å². The summed E-state index contributed by atoms with van der Waals surface area (Å²) < 4.78 is 0. The summed E-state index contributed by atoms with van der Waals surface area (Å²) in [6.07, 6.45) is 0. The summed E-state index contributed by atoms with van der Waals surface area (Å²) in [6.45, 7) is 8.55. The molecule has 4 heteroatoms. The highest BCUT2D eigenvalue weighted by Gasteiger charge is 2.16. The molecule has 0 saturated heterocycles.